The second kappa shape index (κ2) is 21.4. The minimum Gasteiger partial charge on any atom is -0.489 e. The normalized spacial score (nSPS) is 20.0. The molecule has 0 unspecified atom stereocenters. The number of carbonyl (C=O) groups excluding carboxylic acids is 4. The Hall–Kier alpha value is -5.60. The van der Waals surface area contributed by atoms with Gasteiger partial charge in [0.25, 0.3) is 5.91 Å². The van der Waals surface area contributed by atoms with Crippen molar-refractivity contribution in [3.8, 4) is 22.4 Å². The summed E-state index contributed by atoms with van der Waals surface area (Å²) in [5.41, 5.74) is 2.18. The maximum Gasteiger partial charge on any atom is 0.251 e. The summed E-state index contributed by atoms with van der Waals surface area (Å²) >= 11 is 7.53. The number of carbonyl (C=O) groups is 4. The number of ether oxygens (including phenoxy) is 2. The van der Waals surface area contributed by atoms with Crippen molar-refractivity contribution in [2.45, 2.75) is 111 Å². The zero-order chi connectivity index (χ0) is 47.8. The minimum absolute atomic E-state index is 0.0142. The first-order valence-electron chi connectivity index (χ1n) is 22.3. The number of aliphatic hydroxyl groups is 1. The first-order chi connectivity index (χ1) is 31.3. The van der Waals surface area contributed by atoms with E-state index in [4.69, 9.17) is 21.1 Å². The molecule has 1 aromatic heterocycles. The number of unbranched alkanes of at least 4 members (excludes halogenated alkanes) is 2. The molecule has 352 valence electrons. The van der Waals surface area contributed by atoms with Crippen molar-refractivity contribution in [2.75, 3.05) is 31.6 Å². The number of β-amino-alcohol motifs (C(OH)–C–C–N with tert-alkyl or cyclic N) is 1. The summed E-state index contributed by atoms with van der Waals surface area (Å²) in [6, 6.07) is 20.1. The molecule has 4 amide bonds. The van der Waals surface area contributed by atoms with Crippen LogP contribution in [0, 0.1) is 27.6 Å². The van der Waals surface area contributed by atoms with Crippen LogP contribution in [0.1, 0.15) is 95.6 Å². The Bertz CT molecular complexity index is 2350. The van der Waals surface area contributed by atoms with Gasteiger partial charge in [-0.25, -0.2) is 4.98 Å². The van der Waals surface area contributed by atoms with E-state index in [2.05, 4.69) is 64.4 Å². The van der Waals surface area contributed by atoms with E-state index in [0.29, 0.717) is 35.1 Å². The fourth-order valence-corrected chi connectivity index (χ4v) is 9.89. The fourth-order valence-electron chi connectivity index (χ4n) is 9.15. The van der Waals surface area contributed by atoms with Crippen LogP contribution in [0.4, 0.5) is 5.69 Å². The summed E-state index contributed by atoms with van der Waals surface area (Å²) in [6.45, 7) is 14.9. The molecule has 3 aromatic carbocycles. The van der Waals surface area contributed by atoms with E-state index in [-0.39, 0.29) is 60.9 Å². The molecule has 1 aliphatic heterocycles. The number of hydrogen-bond donors (Lipinski definition) is 5. The number of benzene rings is 3. The predicted octanol–water partition coefficient (Wildman–Crippen LogP) is 6.75. The Balaban J connectivity index is 0.875. The van der Waals surface area contributed by atoms with E-state index in [1.165, 1.54) is 22.8 Å². The summed E-state index contributed by atoms with van der Waals surface area (Å²) in [5.74, 6) is -0.841. The van der Waals surface area contributed by atoms with Gasteiger partial charge in [-0.1, -0.05) is 84.3 Å². The van der Waals surface area contributed by atoms with Gasteiger partial charge in [0.1, 0.15) is 47.9 Å². The van der Waals surface area contributed by atoms with Crippen molar-refractivity contribution in [1.82, 2.24) is 30.2 Å². The van der Waals surface area contributed by atoms with Gasteiger partial charge in [-0.05, 0) is 78.2 Å². The Morgan fingerprint density at radius 3 is 2.35 bits per heavy atom. The predicted molar refractivity (Wildman–Crippen MR) is 254 cm³/mol. The van der Waals surface area contributed by atoms with Crippen LogP contribution in [0.2, 0.25) is 5.02 Å². The topological polar surface area (TPSA) is 208 Å². The van der Waals surface area contributed by atoms with Crippen LogP contribution in [-0.2, 0) is 25.7 Å². The number of halogens is 1. The first-order valence-corrected chi connectivity index (χ1v) is 23.4. The Kier molecular flexibility index (Phi) is 16.1. The summed E-state index contributed by atoms with van der Waals surface area (Å²) in [7, 11) is 0. The monoisotopic (exact) mass is 940 g/mol. The van der Waals surface area contributed by atoms with E-state index >= 15 is 0 Å². The molecule has 0 radical (unpaired) electrons. The number of hydrogen-bond acceptors (Lipinski definition) is 12. The number of nitriles is 1. The number of anilines is 1. The summed E-state index contributed by atoms with van der Waals surface area (Å²) < 4.78 is 16.1. The molecule has 1 aliphatic carbocycles. The number of aliphatic hydroxyl groups excluding tert-OH is 1. The highest BCUT2D eigenvalue weighted by atomic mass is 35.5. The van der Waals surface area contributed by atoms with Crippen molar-refractivity contribution >= 4 is 52.4 Å². The van der Waals surface area contributed by atoms with E-state index in [1.807, 2.05) is 57.2 Å². The molecule has 6 rings (SSSR count). The molecule has 5 N–H and O–H groups in total. The minimum atomic E-state index is -0.950. The molecular formula is C49H61ClN8O7S. The number of nitrogens with zero attached hydrogens (tertiary/aromatic N) is 4. The van der Waals surface area contributed by atoms with Crippen LogP contribution < -0.4 is 26.0 Å². The third-order valence-corrected chi connectivity index (χ3v) is 13.4. The Morgan fingerprint density at radius 2 is 1.71 bits per heavy atom. The van der Waals surface area contributed by atoms with Gasteiger partial charge in [-0.15, -0.1) is 0 Å². The third kappa shape index (κ3) is 12.0. The average Bonchev–Trinajstić information content (AvgIpc) is 3.97. The van der Waals surface area contributed by atoms with Gasteiger partial charge >= 0.3 is 0 Å². The van der Waals surface area contributed by atoms with E-state index in [0.717, 1.165) is 41.1 Å². The highest BCUT2D eigenvalue weighted by Crippen LogP contribution is 2.55. The van der Waals surface area contributed by atoms with E-state index < -0.39 is 35.4 Å². The zero-order valence-corrected chi connectivity index (χ0v) is 40.2. The van der Waals surface area contributed by atoms with Crippen LogP contribution in [0.5, 0.6) is 5.75 Å². The molecule has 0 bridgehead atoms. The fraction of sp³-hybridized carbons (Fsp3) is 0.490. The van der Waals surface area contributed by atoms with Crippen LogP contribution in [-0.4, -0.2) is 99.6 Å². The van der Waals surface area contributed by atoms with Crippen molar-refractivity contribution in [3.05, 3.63) is 94.8 Å². The van der Waals surface area contributed by atoms with E-state index in [1.54, 1.807) is 30.3 Å². The Morgan fingerprint density at radius 1 is 1.00 bits per heavy atom. The second-order valence-corrected chi connectivity index (χ2v) is 20.5. The van der Waals surface area contributed by atoms with Gasteiger partial charge in [0.05, 0.1) is 16.7 Å². The number of likely N-dealkylation sites (tertiary alicyclic amines) is 1. The molecule has 4 aromatic rings. The standard InChI is InChI=1S/C49H61ClN8O7S/c1-47(2,3)40(44(63)58-27-35(59)23-38(58)42(62)53-26-30-11-13-32(14-12-30)43-54-29-55-66-43)56-39(60)28-64-22-10-8-9-21-52-34-18-15-31(16-19-34)41(61)57-45-48(4,5)46(49(45,6)7)65-36-20-17-33(25-51)37(50)24-36/h11-20,24,29,35,38,40,45-46,52,59H,8-10,21-23,26-28H2,1-7H3,(H,53,62)(H,56,60)(H,57,61)/t35-,38+,40-,45-,46-/m1/s1. The SMILES string of the molecule is CC(C)(C)[C@H](NC(=O)COCCCCCNc1ccc(C(=O)N[C@H]2C(C)(C)[C@H](Oc3ccc(C#N)c(Cl)c3)C2(C)C)cc1)C(=O)N1C[C@H](O)C[C@H]1C(=O)NCc1ccc(-c2ncns2)cc1. The third-order valence-electron chi connectivity index (χ3n) is 12.4. The zero-order valence-electron chi connectivity index (χ0n) is 38.7. The molecule has 2 heterocycles. The van der Waals surface area contributed by atoms with Crippen LogP contribution in [0.25, 0.3) is 10.6 Å². The van der Waals surface area contributed by atoms with Crippen molar-refractivity contribution < 1.29 is 33.8 Å². The number of amides is 4. The molecule has 3 atom stereocenters. The van der Waals surface area contributed by atoms with Gasteiger partial charge in [-0.2, -0.15) is 9.64 Å². The average molecular weight is 942 g/mol. The Labute approximate surface area is 396 Å². The quantitative estimate of drug-likeness (QED) is 0.0622. The second-order valence-electron chi connectivity index (χ2n) is 19.3. The van der Waals surface area contributed by atoms with Gasteiger partial charge in [-0.3, -0.25) is 19.2 Å². The lowest BCUT2D eigenvalue weighted by molar-refractivity contribution is -0.164. The van der Waals surface area contributed by atoms with Crippen molar-refractivity contribution in [1.29, 1.82) is 5.26 Å². The molecule has 17 heteroatoms. The maximum atomic E-state index is 13.9. The highest BCUT2D eigenvalue weighted by Gasteiger charge is 2.64. The van der Waals surface area contributed by atoms with Gasteiger partial charge in [0, 0.05) is 72.4 Å². The maximum absolute atomic E-state index is 13.9. The number of rotatable bonds is 19. The summed E-state index contributed by atoms with van der Waals surface area (Å²) in [6.07, 6.45) is 2.96. The van der Waals surface area contributed by atoms with Gasteiger partial charge in [0.2, 0.25) is 17.7 Å². The van der Waals surface area contributed by atoms with Gasteiger partial charge < -0.3 is 40.7 Å². The smallest absolute Gasteiger partial charge is 0.251 e. The number of aromatic nitrogens is 2. The van der Waals surface area contributed by atoms with Crippen LogP contribution in [0.15, 0.2) is 73.1 Å². The van der Waals surface area contributed by atoms with Gasteiger partial charge in [0.15, 0.2) is 0 Å². The molecule has 1 saturated heterocycles. The molecule has 0 spiro atoms. The van der Waals surface area contributed by atoms with E-state index in [9.17, 15) is 29.5 Å². The molecule has 66 heavy (non-hydrogen) atoms. The summed E-state index contributed by atoms with van der Waals surface area (Å²) in [4.78, 5) is 59.3. The lowest BCUT2D eigenvalue weighted by atomic mass is 9.49. The lowest BCUT2D eigenvalue weighted by Crippen LogP contribution is -2.74. The molecule has 2 fully saturated rings. The number of nitrogens with one attached hydrogen (secondary N) is 4. The van der Waals surface area contributed by atoms with Crippen LogP contribution in [0.3, 0.4) is 0 Å². The van der Waals surface area contributed by atoms with Crippen molar-refractivity contribution in [3.63, 3.8) is 0 Å². The first kappa shape index (κ1) is 49.8. The highest BCUT2D eigenvalue weighted by molar-refractivity contribution is 7.09. The lowest BCUT2D eigenvalue weighted by Gasteiger charge is -2.63. The van der Waals surface area contributed by atoms with Crippen molar-refractivity contribution in [2.24, 2.45) is 16.2 Å². The largest absolute Gasteiger partial charge is 0.489 e. The summed E-state index contributed by atoms with van der Waals surface area (Å²) in [5, 5.41) is 33.2. The molecule has 15 nitrogen and oxygen atoms in total. The molecule has 1 saturated carbocycles. The molecule has 2 aliphatic rings. The molecular weight excluding hydrogens is 880 g/mol. The van der Waals surface area contributed by atoms with Crippen LogP contribution >= 0.6 is 23.1 Å².